The van der Waals surface area contributed by atoms with Gasteiger partial charge in [0, 0.05) is 29.7 Å². The van der Waals surface area contributed by atoms with Gasteiger partial charge >= 0.3 is 6.36 Å². The van der Waals surface area contributed by atoms with Crippen molar-refractivity contribution >= 4 is 43.6 Å². The van der Waals surface area contributed by atoms with Crippen molar-refractivity contribution in [2.24, 2.45) is 10.9 Å². The van der Waals surface area contributed by atoms with E-state index in [0.29, 0.717) is 48.1 Å². The molecule has 1 aliphatic carbocycles. The Labute approximate surface area is 272 Å². The quantitative estimate of drug-likeness (QED) is 0.355. The number of aliphatic imine (C=N–C) groups is 1. The molecule has 2 aliphatic heterocycles. The van der Waals surface area contributed by atoms with Gasteiger partial charge < -0.3 is 15.2 Å². The highest BCUT2D eigenvalue weighted by atomic mass is 32.2. The van der Waals surface area contributed by atoms with Gasteiger partial charge in [0.1, 0.15) is 17.1 Å². The lowest BCUT2D eigenvalue weighted by Gasteiger charge is -2.34. The molecular formula is C31H37F3N4O7S2. The number of hydrogen-bond acceptors (Lipinski definition) is 8. The third kappa shape index (κ3) is 8.52. The zero-order valence-electron chi connectivity index (χ0n) is 25.9. The van der Waals surface area contributed by atoms with Gasteiger partial charge in [-0.1, -0.05) is 12.1 Å². The van der Waals surface area contributed by atoms with Crippen LogP contribution in [-0.4, -0.2) is 74.8 Å². The maximum absolute atomic E-state index is 13.3. The van der Waals surface area contributed by atoms with Crippen molar-refractivity contribution < 1.29 is 44.6 Å². The van der Waals surface area contributed by atoms with Crippen LogP contribution < -0.4 is 14.8 Å². The van der Waals surface area contributed by atoms with Crippen molar-refractivity contribution in [1.82, 2.24) is 9.62 Å². The molecule has 2 aromatic rings. The van der Waals surface area contributed by atoms with E-state index in [1.165, 1.54) is 22.5 Å². The summed E-state index contributed by atoms with van der Waals surface area (Å²) in [7, 11) is -7.53. The molecule has 2 heterocycles. The number of alkyl halides is 3. The van der Waals surface area contributed by atoms with Crippen molar-refractivity contribution in [1.29, 1.82) is 0 Å². The van der Waals surface area contributed by atoms with Crippen LogP contribution >= 0.6 is 0 Å². The molecular weight excluding hydrogens is 661 g/mol. The number of benzene rings is 2. The Balaban J connectivity index is 1.22. The fraction of sp³-hybridized carbons (Fsp3) is 0.484. The highest BCUT2D eigenvalue weighted by Crippen LogP contribution is 2.34. The molecule has 11 nitrogen and oxygen atoms in total. The molecule has 0 aromatic heterocycles. The Morgan fingerprint density at radius 1 is 1.06 bits per heavy atom. The standard InChI is InChI=1S/C31H37F3N4O7S2/c1-20-16-24(37-46(41,42)19-22-6-8-25(39)9-7-22)17-21(2)27(20)10-15-47(43,44)38-13-11-30(12-14-38)29(40)35-28(36-30)23-4-3-5-26(18-23)45-31(32,33)34/h3-5,10,15-18,22,25,37,39H,6-9,11-14,19H2,1-2H3,(H,35,36,40). The molecule has 0 radical (unpaired) electrons. The molecule has 16 heteroatoms. The predicted molar refractivity (Wildman–Crippen MR) is 171 cm³/mol. The molecule has 1 spiro atoms. The monoisotopic (exact) mass is 698 g/mol. The summed E-state index contributed by atoms with van der Waals surface area (Å²) in [6.45, 7) is 3.49. The Kier molecular flexibility index (Phi) is 9.79. The summed E-state index contributed by atoms with van der Waals surface area (Å²) in [6.07, 6.45) is -1.17. The van der Waals surface area contributed by atoms with Gasteiger partial charge in [0.2, 0.25) is 20.0 Å². The Hall–Kier alpha value is -3.47. The highest BCUT2D eigenvalue weighted by molar-refractivity contribution is 7.92. The average Bonchev–Trinajstić information content (AvgIpc) is 3.28. The average molecular weight is 699 g/mol. The molecule has 2 fully saturated rings. The van der Waals surface area contributed by atoms with E-state index in [1.54, 1.807) is 26.0 Å². The molecule has 5 rings (SSSR count). The number of carbonyl (C=O) groups excluding carboxylic acids is 1. The van der Waals surface area contributed by atoms with Gasteiger partial charge in [-0.05, 0) is 105 Å². The first-order valence-electron chi connectivity index (χ1n) is 15.2. The fourth-order valence-electron chi connectivity index (χ4n) is 6.32. The van der Waals surface area contributed by atoms with Crippen LogP contribution in [-0.2, 0) is 24.8 Å². The second kappa shape index (κ2) is 13.2. The topological polar surface area (TPSA) is 154 Å². The number of amidine groups is 1. The number of aliphatic hydroxyl groups is 1. The third-order valence-corrected chi connectivity index (χ3v) is 11.8. The lowest BCUT2D eigenvalue weighted by Crippen LogP contribution is -2.50. The SMILES string of the molecule is Cc1cc(NS(=O)(=O)CC2CCC(O)CC2)cc(C)c1C=CS(=O)(=O)N1CCC2(CC1)N=C(c1cccc(OC(F)(F)F)c1)NC2=O. The van der Waals surface area contributed by atoms with Crippen LogP contribution in [0.15, 0.2) is 46.8 Å². The minimum Gasteiger partial charge on any atom is -0.406 e. The van der Waals surface area contributed by atoms with Crippen LogP contribution in [0.25, 0.3) is 6.08 Å². The number of ether oxygens (including phenoxy) is 1. The minimum absolute atomic E-state index is 0.00721. The number of rotatable bonds is 9. The molecule has 2 aromatic carbocycles. The van der Waals surface area contributed by atoms with Crippen LogP contribution in [0.4, 0.5) is 18.9 Å². The second-order valence-corrected chi connectivity index (χ2v) is 15.9. The number of nitrogens with one attached hydrogen (secondary N) is 2. The summed E-state index contributed by atoms with van der Waals surface area (Å²) in [5, 5.41) is 13.4. The van der Waals surface area contributed by atoms with Crippen molar-refractivity contribution in [3.05, 3.63) is 64.1 Å². The molecule has 1 amide bonds. The van der Waals surface area contributed by atoms with E-state index in [-0.39, 0.29) is 55.1 Å². The maximum atomic E-state index is 13.3. The number of anilines is 1. The van der Waals surface area contributed by atoms with Crippen LogP contribution in [0.5, 0.6) is 5.75 Å². The number of nitrogens with zero attached hydrogens (tertiary/aromatic N) is 2. The summed E-state index contributed by atoms with van der Waals surface area (Å²) in [5.74, 6) is -0.886. The summed E-state index contributed by atoms with van der Waals surface area (Å²) in [6, 6.07) is 8.37. The van der Waals surface area contributed by atoms with Crippen molar-refractivity contribution in [3.63, 3.8) is 0 Å². The summed E-state index contributed by atoms with van der Waals surface area (Å²) in [4.78, 5) is 17.4. The lowest BCUT2D eigenvalue weighted by molar-refractivity contribution is -0.274. The number of sulfonamides is 2. The lowest BCUT2D eigenvalue weighted by atomic mass is 9.89. The van der Waals surface area contributed by atoms with Crippen molar-refractivity contribution in [2.45, 2.75) is 70.4 Å². The molecule has 3 N–H and O–H groups in total. The zero-order chi connectivity index (χ0) is 34.2. The highest BCUT2D eigenvalue weighted by Gasteiger charge is 2.47. The smallest absolute Gasteiger partial charge is 0.406 e. The van der Waals surface area contributed by atoms with Gasteiger partial charge in [-0.3, -0.25) is 14.5 Å². The molecule has 3 aliphatic rings. The summed E-state index contributed by atoms with van der Waals surface area (Å²) >= 11 is 0. The number of amides is 1. The molecule has 47 heavy (non-hydrogen) atoms. The normalized spacial score (nSPS) is 22.3. The molecule has 0 atom stereocenters. The number of aliphatic hydroxyl groups excluding tert-OH is 1. The first-order chi connectivity index (χ1) is 21.9. The first kappa shape index (κ1) is 34.9. The van der Waals surface area contributed by atoms with E-state index in [0.717, 1.165) is 17.5 Å². The Bertz CT molecular complexity index is 1770. The predicted octanol–water partition coefficient (Wildman–Crippen LogP) is 4.21. The van der Waals surface area contributed by atoms with Gasteiger partial charge in [0.15, 0.2) is 0 Å². The van der Waals surface area contributed by atoms with Gasteiger partial charge in [0.05, 0.1) is 11.9 Å². The molecule has 0 bridgehead atoms. The Morgan fingerprint density at radius 2 is 1.70 bits per heavy atom. The Morgan fingerprint density at radius 3 is 2.32 bits per heavy atom. The molecule has 1 saturated heterocycles. The first-order valence-corrected chi connectivity index (χ1v) is 18.3. The van der Waals surface area contributed by atoms with E-state index in [9.17, 15) is 39.9 Å². The van der Waals surface area contributed by atoms with E-state index < -0.39 is 43.6 Å². The number of hydrogen-bond donors (Lipinski definition) is 3. The van der Waals surface area contributed by atoms with Gasteiger partial charge in [0.25, 0.3) is 5.91 Å². The van der Waals surface area contributed by atoms with E-state index in [2.05, 4.69) is 19.8 Å². The minimum atomic E-state index is -4.88. The molecule has 256 valence electrons. The number of carbonyl (C=O) groups is 1. The second-order valence-electron chi connectivity index (χ2n) is 12.4. The summed E-state index contributed by atoms with van der Waals surface area (Å²) < 4.78 is 97.9. The van der Waals surface area contributed by atoms with E-state index in [1.807, 2.05) is 0 Å². The number of aryl methyl sites for hydroxylation is 2. The van der Waals surface area contributed by atoms with Crippen LogP contribution in [0, 0.1) is 19.8 Å². The van der Waals surface area contributed by atoms with Crippen LogP contribution in [0.2, 0.25) is 0 Å². The van der Waals surface area contributed by atoms with Crippen LogP contribution in [0.1, 0.15) is 60.8 Å². The maximum Gasteiger partial charge on any atom is 0.573 e. The molecule has 1 saturated carbocycles. The summed E-state index contributed by atoms with van der Waals surface area (Å²) in [5.41, 5.74) is 1.31. The van der Waals surface area contributed by atoms with Gasteiger partial charge in [-0.15, -0.1) is 13.2 Å². The molecule has 0 unspecified atom stereocenters. The largest absolute Gasteiger partial charge is 0.573 e. The van der Waals surface area contributed by atoms with Gasteiger partial charge in [-0.25, -0.2) is 16.8 Å². The van der Waals surface area contributed by atoms with E-state index >= 15 is 0 Å². The zero-order valence-corrected chi connectivity index (χ0v) is 27.5. The van der Waals surface area contributed by atoms with Crippen molar-refractivity contribution in [2.75, 3.05) is 23.6 Å². The van der Waals surface area contributed by atoms with Crippen molar-refractivity contribution in [3.8, 4) is 5.75 Å². The van der Waals surface area contributed by atoms with Gasteiger partial charge in [-0.2, -0.15) is 4.31 Å². The van der Waals surface area contributed by atoms with Crippen LogP contribution in [0.3, 0.4) is 0 Å². The fourth-order valence-corrected chi connectivity index (χ4v) is 9.01. The van der Waals surface area contributed by atoms with E-state index in [4.69, 9.17) is 0 Å². The number of piperidine rings is 1. The number of halogens is 3. The third-order valence-electron chi connectivity index (χ3n) is 8.78.